The van der Waals surface area contributed by atoms with E-state index < -0.39 is 10.2 Å². The molecule has 0 aliphatic rings. The van der Waals surface area contributed by atoms with Crippen LogP contribution >= 0.6 is 48.0 Å². The highest BCUT2D eigenvalue weighted by Gasteiger charge is 2.36. The minimum Gasteiger partial charge on any atom is -0.465 e. The topological polar surface area (TPSA) is 49.9 Å². The zero-order chi connectivity index (χ0) is 22.8. The first-order chi connectivity index (χ1) is 13.3. The van der Waals surface area contributed by atoms with E-state index >= 15 is 0 Å². The van der Waals surface area contributed by atoms with Gasteiger partial charge in [0.2, 0.25) is 0 Å². The van der Waals surface area contributed by atoms with Gasteiger partial charge in [-0.2, -0.15) is 0 Å². The van der Waals surface area contributed by atoms with E-state index in [0.29, 0.717) is 23.6 Å². The maximum absolute atomic E-state index is 13.0. The lowest BCUT2D eigenvalue weighted by Crippen LogP contribution is -2.37. The molecule has 0 bridgehead atoms. The number of thioether (sulfide) groups is 2. The first-order valence-electron chi connectivity index (χ1n) is 9.71. The molecule has 0 aromatic carbocycles. The zero-order valence-corrected chi connectivity index (χ0v) is 22.3. The first-order valence-corrected chi connectivity index (χ1v) is 12.3. The second-order valence-electron chi connectivity index (χ2n) is 8.15. The van der Waals surface area contributed by atoms with E-state index in [9.17, 15) is 9.59 Å². The summed E-state index contributed by atoms with van der Waals surface area (Å²) >= 11 is 13.6. The van der Waals surface area contributed by atoms with Gasteiger partial charge in [-0.3, -0.25) is 9.59 Å². The van der Waals surface area contributed by atoms with E-state index in [4.69, 9.17) is 29.2 Å². The van der Waals surface area contributed by atoms with Gasteiger partial charge in [0.1, 0.15) is 14.4 Å². The molecule has 0 spiro atoms. The van der Waals surface area contributed by atoms with Gasteiger partial charge in [-0.05, 0) is 33.6 Å². The molecule has 168 valence electrons. The Balaban J connectivity index is 4.93. The van der Waals surface area contributed by atoms with E-state index in [0.717, 1.165) is 16.5 Å². The van der Waals surface area contributed by atoms with Crippen LogP contribution in [0.5, 0.6) is 0 Å². The van der Waals surface area contributed by atoms with E-state index in [1.54, 1.807) is 11.8 Å². The average molecular weight is 481 g/mol. The maximum atomic E-state index is 13.0. The van der Waals surface area contributed by atoms with Gasteiger partial charge in [-0.25, -0.2) is 0 Å². The van der Waals surface area contributed by atoms with Crippen molar-refractivity contribution in [1.82, 2.24) is 9.80 Å². The SMILES string of the molecule is CCC(C)(C)C(=O)OCCC(C)(SC(=S)N(C)C)C(=O)CCCSC(=S)N(C)C. The van der Waals surface area contributed by atoms with Crippen LogP contribution in [0.3, 0.4) is 0 Å². The van der Waals surface area contributed by atoms with Crippen molar-refractivity contribution in [1.29, 1.82) is 0 Å². The van der Waals surface area contributed by atoms with Gasteiger partial charge in [-0.1, -0.05) is 54.9 Å². The van der Waals surface area contributed by atoms with Gasteiger partial charge >= 0.3 is 5.97 Å². The molecule has 1 unspecified atom stereocenters. The molecule has 9 heteroatoms. The highest BCUT2D eigenvalue weighted by atomic mass is 32.2. The number of ketones is 1. The summed E-state index contributed by atoms with van der Waals surface area (Å²) in [6.45, 7) is 7.79. The Kier molecular flexibility index (Phi) is 13.0. The van der Waals surface area contributed by atoms with Crippen LogP contribution in [0.2, 0.25) is 0 Å². The van der Waals surface area contributed by atoms with Crippen LogP contribution < -0.4 is 0 Å². The summed E-state index contributed by atoms with van der Waals surface area (Å²) < 4.78 is 6.21. The molecule has 0 amide bonds. The molecule has 5 nitrogen and oxygen atoms in total. The molecular weight excluding hydrogens is 444 g/mol. The molecular formula is C20H36N2O3S4. The molecule has 1 atom stereocenters. The average Bonchev–Trinajstić information content (AvgIpc) is 2.64. The Hall–Kier alpha value is -0.380. The number of esters is 1. The highest BCUT2D eigenvalue weighted by Crippen LogP contribution is 2.34. The van der Waals surface area contributed by atoms with E-state index in [1.165, 1.54) is 11.8 Å². The summed E-state index contributed by atoms with van der Waals surface area (Å²) in [5.74, 6) is 0.679. The number of hydrogen-bond acceptors (Lipinski definition) is 7. The molecule has 0 aliphatic carbocycles. The first kappa shape index (κ1) is 28.6. The van der Waals surface area contributed by atoms with Crippen molar-refractivity contribution < 1.29 is 14.3 Å². The van der Waals surface area contributed by atoms with Crippen molar-refractivity contribution in [2.24, 2.45) is 5.41 Å². The van der Waals surface area contributed by atoms with E-state index in [2.05, 4.69) is 0 Å². The van der Waals surface area contributed by atoms with Gasteiger partial charge in [-0.15, -0.1) is 0 Å². The predicted molar refractivity (Wildman–Crippen MR) is 135 cm³/mol. The normalized spacial score (nSPS) is 13.4. The van der Waals surface area contributed by atoms with Crippen LogP contribution in [0.25, 0.3) is 0 Å². The fraction of sp³-hybridized carbons (Fsp3) is 0.800. The van der Waals surface area contributed by atoms with Crippen molar-refractivity contribution >= 4 is 68.4 Å². The lowest BCUT2D eigenvalue weighted by atomic mass is 9.90. The molecule has 0 saturated carbocycles. The second kappa shape index (κ2) is 13.1. The summed E-state index contributed by atoms with van der Waals surface area (Å²) in [6.07, 6.45) is 2.31. The van der Waals surface area contributed by atoms with Crippen LogP contribution in [0.1, 0.15) is 53.4 Å². The number of Topliss-reactive ketones (excluding diaryl/α,β-unsaturated/α-hetero) is 1. The molecule has 0 aliphatic heterocycles. The number of ether oxygens (including phenoxy) is 1. The van der Waals surface area contributed by atoms with Crippen LogP contribution in [0, 0.1) is 5.41 Å². The van der Waals surface area contributed by atoms with Crippen LogP contribution in [0.4, 0.5) is 0 Å². The monoisotopic (exact) mass is 480 g/mol. The molecule has 0 radical (unpaired) electrons. The molecule has 0 saturated heterocycles. The molecule has 0 aromatic rings. The number of thiocarbonyl (C=S) groups is 2. The van der Waals surface area contributed by atoms with Crippen molar-refractivity contribution in [3.05, 3.63) is 0 Å². The van der Waals surface area contributed by atoms with Crippen molar-refractivity contribution in [2.75, 3.05) is 40.6 Å². The molecule has 0 aromatic heterocycles. The molecule has 0 fully saturated rings. The Morgan fingerprint density at radius 2 is 1.55 bits per heavy atom. The van der Waals surface area contributed by atoms with E-state index in [-0.39, 0.29) is 18.4 Å². The van der Waals surface area contributed by atoms with Crippen LogP contribution in [-0.2, 0) is 14.3 Å². The summed E-state index contributed by atoms with van der Waals surface area (Å²) in [6, 6.07) is 0. The maximum Gasteiger partial charge on any atom is 0.311 e. The number of carbonyl (C=O) groups is 2. The summed E-state index contributed by atoms with van der Waals surface area (Å²) in [4.78, 5) is 29.0. The van der Waals surface area contributed by atoms with Crippen LogP contribution in [0.15, 0.2) is 0 Å². The molecule has 0 rings (SSSR count). The Morgan fingerprint density at radius 1 is 1.00 bits per heavy atom. The fourth-order valence-corrected chi connectivity index (χ4v) is 4.49. The van der Waals surface area contributed by atoms with Gasteiger partial charge < -0.3 is 14.5 Å². The van der Waals surface area contributed by atoms with Crippen molar-refractivity contribution in [3.8, 4) is 0 Å². The third-order valence-corrected chi connectivity index (χ3v) is 8.52. The minimum absolute atomic E-state index is 0.119. The molecule has 29 heavy (non-hydrogen) atoms. The minimum atomic E-state index is -0.731. The molecule has 0 heterocycles. The predicted octanol–water partition coefficient (Wildman–Crippen LogP) is 4.62. The number of hydrogen-bond donors (Lipinski definition) is 0. The van der Waals surface area contributed by atoms with Crippen molar-refractivity contribution in [2.45, 2.75) is 58.1 Å². The van der Waals surface area contributed by atoms with Gasteiger partial charge in [0, 0.05) is 46.8 Å². The van der Waals surface area contributed by atoms with Crippen molar-refractivity contribution in [3.63, 3.8) is 0 Å². The second-order valence-corrected chi connectivity index (χ2v) is 12.0. The largest absolute Gasteiger partial charge is 0.465 e. The summed E-state index contributed by atoms with van der Waals surface area (Å²) in [5, 5.41) is 0. The Labute approximate surface area is 196 Å². The third kappa shape index (κ3) is 10.5. The summed E-state index contributed by atoms with van der Waals surface area (Å²) in [5.41, 5.74) is -0.519. The highest BCUT2D eigenvalue weighted by molar-refractivity contribution is 8.24. The van der Waals surface area contributed by atoms with Crippen LogP contribution in [-0.4, -0.2) is 75.5 Å². The van der Waals surface area contributed by atoms with E-state index in [1.807, 2.05) is 65.7 Å². The fourth-order valence-electron chi connectivity index (χ4n) is 2.00. The number of nitrogens with zero attached hydrogens (tertiary/aromatic N) is 2. The lowest BCUT2D eigenvalue weighted by Gasteiger charge is -2.30. The number of rotatable bonds is 11. The lowest BCUT2D eigenvalue weighted by molar-refractivity contribution is -0.154. The van der Waals surface area contributed by atoms with Gasteiger partial charge in [0.25, 0.3) is 0 Å². The Morgan fingerprint density at radius 3 is 2.03 bits per heavy atom. The quantitative estimate of drug-likeness (QED) is 0.239. The van der Waals surface area contributed by atoms with Gasteiger partial charge in [0.15, 0.2) is 0 Å². The zero-order valence-electron chi connectivity index (χ0n) is 19.0. The molecule has 0 N–H and O–H groups in total. The summed E-state index contributed by atoms with van der Waals surface area (Å²) in [7, 11) is 7.56. The number of carbonyl (C=O) groups excluding carboxylic acids is 2. The third-order valence-electron chi connectivity index (χ3n) is 4.66. The Bertz CT molecular complexity index is 594. The standard InChI is InChI=1S/C20H36N2O3S4/c1-9-19(2,3)16(24)25-13-12-20(4,29-18(27)22(7)8)15(23)11-10-14-28-17(26)21(5)6/h9-14H2,1-8H3. The smallest absolute Gasteiger partial charge is 0.311 e. The van der Waals surface area contributed by atoms with Gasteiger partial charge in [0.05, 0.1) is 16.8 Å².